The van der Waals surface area contributed by atoms with Gasteiger partial charge in [-0.3, -0.25) is 14.1 Å². The molecule has 8 heteroatoms. The van der Waals surface area contributed by atoms with E-state index in [0.717, 1.165) is 0 Å². The predicted octanol–water partition coefficient (Wildman–Crippen LogP) is 2.27. The van der Waals surface area contributed by atoms with Crippen molar-refractivity contribution in [2.24, 2.45) is 0 Å². The van der Waals surface area contributed by atoms with Crippen molar-refractivity contribution in [3.8, 4) is 0 Å². The summed E-state index contributed by atoms with van der Waals surface area (Å²) in [6.07, 6.45) is 0.742. The second-order valence-corrected chi connectivity index (χ2v) is 6.70. The second kappa shape index (κ2) is 8.25. The van der Waals surface area contributed by atoms with Gasteiger partial charge in [-0.25, -0.2) is 0 Å². The van der Waals surface area contributed by atoms with E-state index in [-0.39, 0.29) is 4.90 Å². The van der Waals surface area contributed by atoms with Gasteiger partial charge in [0.2, 0.25) is 0 Å². The smallest absolute Gasteiger partial charge is 0.313 e. The van der Waals surface area contributed by atoms with Gasteiger partial charge in [-0.2, -0.15) is 8.42 Å². The fourth-order valence-corrected chi connectivity index (χ4v) is 3.13. The maximum atomic E-state index is 11.9. The molecule has 0 spiro atoms. The molecule has 1 N–H and O–H groups in total. The van der Waals surface area contributed by atoms with Crippen LogP contribution in [0.1, 0.15) is 49.7 Å². The number of carbonyl (C=O) groups excluding carboxylic acids is 2. The van der Waals surface area contributed by atoms with Crippen LogP contribution in [0.2, 0.25) is 0 Å². The van der Waals surface area contributed by atoms with E-state index in [1.807, 2.05) is 0 Å². The van der Waals surface area contributed by atoms with Crippen LogP contribution in [0.15, 0.2) is 23.1 Å². The number of hydrogen-bond donors (Lipinski definition) is 1. The minimum absolute atomic E-state index is 0.358. The molecule has 1 rings (SSSR count). The van der Waals surface area contributed by atoms with Crippen LogP contribution in [0.3, 0.4) is 0 Å². The van der Waals surface area contributed by atoms with E-state index < -0.39 is 33.9 Å². The molecule has 0 aliphatic heterocycles. The van der Waals surface area contributed by atoms with Crippen molar-refractivity contribution in [1.29, 1.82) is 0 Å². The van der Waals surface area contributed by atoms with Crippen molar-refractivity contribution in [1.82, 2.24) is 0 Å². The van der Waals surface area contributed by atoms with Gasteiger partial charge in [-0.15, -0.1) is 0 Å². The van der Waals surface area contributed by atoms with E-state index in [1.165, 1.54) is 26.4 Å². The highest BCUT2D eigenvalue weighted by Crippen LogP contribution is 2.30. The number of benzene rings is 1. The van der Waals surface area contributed by atoms with E-state index in [4.69, 9.17) is 9.47 Å². The number of ether oxygens (including phenoxy) is 2. The summed E-state index contributed by atoms with van der Waals surface area (Å²) in [5.41, 5.74) is 0.716. The lowest BCUT2D eigenvalue weighted by atomic mass is 9.90. The van der Waals surface area contributed by atoms with Gasteiger partial charge >= 0.3 is 11.9 Å². The topological polar surface area (TPSA) is 107 Å². The highest BCUT2D eigenvalue weighted by molar-refractivity contribution is 7.85. The van der Waals surface area contributed by atoms with Gasteiger partial charge in [-0.05, 0) is 36.1 Å². The normalized spacial score (nSPS) is 13.9. The molecule has 0 aliphatic carbocycles. The molecule has 24 heavy (non-hydrogen) atoms. The number of methoxy groups -OCH3 is 2. The molecule has 1 aromatic rings. The standard InChI is InChI=1S/C16H22O7S/c1-5-13(15(17)22-3)10-7-11(14(6-2)16(18)23-4)9-12(8-10)24(19,20)21/h7-9,13-14H,5-6H2,1-4H3,(H,19,20,21). The summed E-state index contributed by atoms with van der Waals surface area (Å²) in [4.78, 5) is 23.5. The Balaban J connectivity index is 3.58. The van der Waals surface area contributed by atoms with Gasteiger partial charge in [0.15, 0.2) is 0 Å². The molecule has 1 aromatic carbocycles. The minimum Gasteiger partial charge on any atom is -0.469 e. The highest BCUT2D eigenvalue weighted by Gasteiger charge is 2.26. The number of rotatable bonds is 7. The Morgan fingerprint density at radius 3 is 1.58 bits per heavy atom. The fraction of sp³-hybridized carbons (Fsp3) is 0.500. The Morgan fingerprint density at radius 2 is 1.33 bits per heavy atom. The number of carbonyl (C=O) groups is 2. The Bertz CT molecular complexity index is 667. The quantitative estimate of drug-likeness (QED) is 0.588. The van der Waals surface area contributed by atoms with E-state index in [0.29, 0.717) is 24.0 Å². The van der Waals surface area contributed by atoms with Crippen LogP contribution in [0.5, 0.6) is 0 Å². The van der Waals surface area contributed by atoms with Crippen molar-refractivity contribution in [2.75, 3.05) is 14.2 Å². The van der Waals surface area contributed by atoms with Crippen LogP contribution < -0.4 is 0 Å². The molecule has 0 amide bonds. The second-order valence-electron chi connectivity index (χ2n) is 5.28. The lowest BCUT2D eigenvalue weighted by Gasteiger charge is -2.18. The lowest BCUT2D eigenvalue weighted by molar-refractivity contribution is -0.143. The summed E-state index contributed by atoms with van der Waals surface area (Å²) in [6.45, 7) is 3.50. The van der Waals surface area contributed by atoms with Gasteiger partial charge in [-0.1, -0.05) is 19.9 Å². The first-order chi connectivity index (χ1) is 11.2. The third kappa shape index (κ3) is 4.55. The van der Waals surface area contributed by atoms with Crippen molar-refractivity contribution in [3.05, 3.63) is 29.3 Å². The average Bonchev–Trinajstić information content (AvgIpc) is 2.54. The Hall–Kier alpha value is -1.93. The number of hydrogen-bond acceptors (Lipinski definition) is 6. The minimum atomic E-state index is -4.50. The van der Waals surface area contributed by atoms with Crippen molar-refractivity contribution in [2.45, 2.75) is 43.4 Å². The zero-order valence-electron chi connectivity index (χ0n) is 14.1. The molecule has 0 aromatic heterocycles. The van der Waals surface area contributed by atoms with Crippen LogP contribution in [0, 0.1) is 0 Å². The molecule has 0 heterocycles. The molecular formula is C16H22O7S. The van der Waals surface area contributed by atoms with Crippen LogP contribution in [-0.2, 0) is 29.2 Å². The van der Waals surface area contributed by atoms with Crippen molar-refractivity contribution in [3.63, 3.8) is 0 Å². The molecule has 0 saturated heterocycles. The van der Waals surface area contributed by atoms with E-state index >= 15 is 0 Å². The lowest BCUT2D eigenvalue weighted by Crippen LogP contribution is -2.17. The summed E-state index contributed by atoms with van der Waals surface area (Å²) in [7, 11) is -2.02. The summed E-state index contributed by atoms with van der Waals surface area (Å²) >= 11 is 0. The fourth-order valence-electron chi connectivity index (χ4n) is 2.56. The van der Waals surface area contributed by atoms with Gasteiger partial charge < -0.3 is 9.47 Å². The molecule has 0 radical (unpaired) electrons. The molecule has 7 nitrogen and oxygen atoms in total. The van der Waals surface area contributed by atoms with Crippen molar-refractivity contribution < 1.29 is 32.0 Å². The van der Waals surface area contributed by atoms with Crippen LogP contribution in [0.4, 0.5) is 0 Å². The van der Waals surface area contributed by atoms with Gasteiger partial charge in [0.25, 0.3) is 10.1 Å². The maximum Gasteiger partial charge on any atom is 0.313 e. The Morgan fingerprint density at radius 1 is 0.958 bits per heavy atom. The molecule has 0 saturated carbocycles. The van der Waals surface area contributed by atoms with Crippen LogP contribution >= 0.6 is 0 Å². The highest BCUT2D eigenvalue weighted by atomic mass is 32.2. The predicted molar refractivity (Wildman–Crippen MR) is 86.4 cm³/mol. The first-order valence-electron chi connectivity index (χ1n) is 7.47. The SMILES string of the molecule is CCC(C(=O)OC)c1cc(C(CC)C(=O)OC)cc(S(=O)(=O)O)c1. The molecule has 2 unspecified atom stereocenters. The summed E-state index contributed by atoms with van der Waals surface area (Å²) in [6, 6.07) is 4.01. The summed E-state index contributed by atoms with van der Waals surface area (Å²) in [5, 5.41) is 0. The zero-order valence-corrected chi connectivity index (χ0v) is 14.9. The molecule has 134 valence electrons. The molecule has 0 fully saturated rings. The average molecular weight is 358 g/mol. The third-order valence-corrected chi connectivity index (χ3v) is 4.67. The first-order valence-corrected chi connectivity index (χ1v) is 8.91. The van der Waals surface area contributed by atoms with E-state index in [9.17, 15) is 22.6 Å². The van der Waals surface area contributed by atoms with Crippen LogP contribution in [0.25, 0.3) is 0 Å². The molecular weight excluding hydrogens is 336 g/mol. The van der Waals surface area contributed by atoms with Gasteiger partial charge in [0.1, 0.15) is 0 Å². The van der Waals surface area contributed by atoms with Crippen molar-refractivity contribution >= 4 is 22.1 Å². The van der Waals surface area contributed by atoms with Gasteiger partial charge in [0, 0.05) is 0 Å². The third-order valence-electron chi connectivity index (χ3n) is 3.84. The summed E-state index contributed by atoms with van der Waals surface area (Å²) in [5.74, 6) is -2.46. The van der Waals surface area contributed by atoms with Crippen LogP contribution in [-0.4, -0.2) is 39.1 Å². The van der Waals surface area contributed by atoms with E-state index in [1.54, 1.807) is 19.9 Å². The molecule has 0 aliphatic rings. The number of esters is 2. The maximum absolute atomic E-state index is 11.9. The van der Waals surface area contributed by atoms with E-state index in [2.05, 4.69) is 0 Å². The van der Waals surface area contributed by atoms with Gasteiger partial charge in [0.05, 0.1) is 31.0 Å². The Kier molecular flexibility index (Phi) is 6.92. The molecule has 0 bridgehead atoms. The molecule has 2 atom stereocenters. The largest absolute Gasteiger partial charge is 0.469 e. The first kappa shape index (κ1) is 20.1. The Labute approximate surface area is 141 Å². The zero-order chi connectivity index (χ0) is 18.5. The summed E-state index contributed by atoms with van der Waals surface area (Å²) < 4.78 is 42.0. The monoisotopic (exact) mass is 358 g/mol.